The highest BCUT2D eigenvalue weighted by Crippen LogP contribution is 2.14. The summed E-state index contributed by atoms with van der Waals surface area (Å²) in [7, 11) is 0. The summed E-state index contributed by atoms with van der Waals surface area (Å²) in [6.45, 7) is 1.64. The van der Waals surface area contributed by atoms with Gasteiger partial charge in [-0.1, -0.05) is 0 Å². The Hall–Kier alpha value is -1.39. The Morgan fingerprint density at radius 3 is 2.90 bits per heavy atom. The van der Waals surface area contributed by atoms with Crippen molar-refractivity contribution in [3.63, 3.8) is 0 Å². The van der Waals surface area contributed by atoms with Gasteiger partial charge in [-0.3, -0.25) is 0 Å². The second-order valence-corrected chi connectivity index (χ2v) is 2.08. The van der Waals surface area contributed by atoms with Gasteiger partial charge in [-0.05, 0) is 6.92 Å². The molecule has 2 N–H and O–H groups in total. The summed E-state index contributed by atoms with van der Waals surface area (Å²) in [5, 5.41) is 9.58. The van der Waals surface area contributed by atoms with Crippen LogP contribution in [0.4, 0.5) is 4.39 Å². The molecule has 0 unspecified atom stereocenters. The van der Waals surface area contributed by atoms with E-state index in [2.05, 4.69) is 20.4 Å². The molecule has 0 aliphatic rings. The molecule has 0 aromatic carbocycles. The Labute approximate surface area is 55.4 Å². The van der Waals surface area contributed by atoms with E-state index in [9.17, 15) is 4.39 Å². The number of aromatic nitrogens is 4. The number of aromatic amines is 2. The molecule has 0 spiro atoms. The SMILES string of the molecule is Cc1[nH]c2n[nH]nc2c1F. The van der Waals surface area contributed by atoms with Crippen LogP contribution in [-0.2, 0) is 0 Å². The van der Waals surface area contributed by atoms with Gasteiger partial charge in [0.25, 0.3) is 0 Å². The first-order chi connectivity index (χ1) is 4.79. The van der Waals surface area contributed by atoms with Crippen molar-refractivity contribution in [1.29, 1.82) is 0 Å². The van der Waals surface area contributed by atoms with Gasteiger partial charge >= 0.3 is 0 Å². The van der Waals surface area contributed by atoms with E-state index in [1.165, 1.54) is 0 Å². The number of rotatable bonds is 0. The average Bonchev–Trinajstić information content (AvgIpc) is 2.41. The third-order valence-electron chi connectivity index (χ3n) is 1.39. The van der Waals surface area contributed by atoms with E-state index in [0.717, 1.165) is 0 Å². The quantitative estimate of drug-likeness (QED) is 0.566. The number of hydrogen-bond acceptors (Lipinski definition) is 2. The van der Waals surface area contributed by atoms with Gasteiger partial charge < -0.3 is 4.98 Å². The lowest BCUT2D eigenvalue weighted by Gasteiger charge is -1.79. The second-order valence-electron chi connectivity index (χ2n) is 2.08. The lowest BCUT2D eigenvalue weighted by Crippen LogP contribution is -1.77. The van der Waals surface area contributed by atoms with Crippen LogP contribution >= 0.6 is 0 Å². The van der Waals surface area contributed by atoms with Crippen molar-refractivity contribution in [2.24, 2.45) is 0 Å². The maximum Gasteiger partial charge on any atom is 0.183 e. The normalized spacial score (nSPS) is 11.0. The number of fused-ring (bicyclic) bond motifs is 1. The molecule has 0 saturated heterocycles. The Morgan fingerprint density at radius 2 is 2.20 bits per heavy atom. The van der Waals surface area contributed by atoms with Crippen molar-refractivity contribution >= 4 is 11.2 Å². The summed E-state index contributed by atoms with van der Waals surface area (Å²) >= 11 is 0. The molecule has 0 radical (unpaired) electrons. The zero-order valence-corrected chi connectivity index (χ0v) is 5.27. The van der Waals surface area contributed by atoms with Gasteiger partial charge in [0, 0.05) is 0 Å². The lowest BCUT2D eigenvalue weighted by atomic mass is 10.4. The van der Waals surface area contributed by atoms with Crippen molar-refractivity contribution < 1.29 is 4.39 Å². The van der Waals surface area contributed by atoms with E-state index < -0.39 is 0 Å². The average molecular weight is 140 g/mol. The zero-order chi connectivity index (χ0) is 7.14. The molecule has 2 heterocycles. The molecule has 0 saturated carbocycles. The van der Waals surface area contributed by atoms with Crippen molar-refractivity contribution in [3.8, 4) is 0 Å². The molecule has 0 aliphatic heterocycles. The van der Waals surface area contributed by atoms with Crippen LogP contribution < -0.4 is 0 Å². The minimum absolute atomic E-state index is 0.275. The van der Waals surface area contributed by atoms with Crippen LogP contribution in [0.3, 0.4) is 0 Å². The highest BCUT2D eigenvalue weighted by molar-refractivity contribution is 5.71. The summed E-state index contributed by atoms with van der Waals surface area (Å²) in [6.07, 6.45) is 0. The molecule has 0 aliphatic carbocycles. The highest BCUT2D eigenvalue weighted by Gasteiger charge is 2.09. The first-order valence-electron chi connectivity index (χ1n) is 2.83. The van der Waals surface area contributed by atoms with Crippen molar-refractivity contribution in [1.82, 2.24) is 20.4 Å². The molecule has 5 heteroatoms. The molecule has 0 amide bonds. The number of nitrogens with zero attached hydrogens (tertiary/aromatic N) is 2. The van der Waals surface area contributed by atoms with E-state index in [1.807, 2.05) is 0 Å². The monoisotopic (exact) mass is 140 g/mol. The predicted octanol–water partition coefficient (Wildman–Crippen LogP) is 0.734. The predicted molar refractivity (Wildman–Crippen MR) is 32.9 cm³/mol. The largest absolute Gasteiger partial charge is 0.338 e. The van der Waals surface area contributed by atoms with E-state index in [-0.39, 0.29) is 11.3 Å². The number of hydrogen-bond donors (Lipinski definition) is 2. The van der Waals surface area contributed by atoms with Gasteiger partial charge in [0.15, 0.2) is 17.0 Å². The van der Waals surface area contributed by atoms with Crippen LogP contribution in [0.25, 0.3) is 11.2 Å². The van der Waals surface area contributed by atoms with Crippen molar-refractivity contribution in [2.45, 2.75) is 6.92 Å². The van der Waals surface area contributed by atoms with E-state index in [0.29, 0.717) is 11.3 Å². The number of aryl methyl sites for hydroxylation is 1. The third kappa shape index (κ3) is 0.490. The van der Waals surface area contributed by atoms with Gasteiger partial charge in [0.1, 0.15) is 0 Å². The standard InChI is InChI=1S/C5H5FN4/c1-2-3(6)4-5(7-2)9-10-8-4/h1H3,(H2,7,8,9,10). The summed E-state index contributed by atoms with van der Waals surface area (Å²) in [5.41, 5.74) is 1.21. The zero-order valence-electron chi connectivity index (χ0n) is 5.27. The van der Waals surface area contributed by atoms with Gasteiger partial charge in [-0.15, -0.1) is 5.10 Å². The number of halogens is 1. The molecule has 0 atom stereocenters. The Bertz CT molecular complexity index is 360. The first kappa shape index (κ1) is 5.40. The molecule has 2 aromatic heterocycles. The van der Waals surface area contributed by atoms with E-state index in [1.54, 1.807) is 6.92 Å². The minimum Gasteiger partial charge on any atom is -0.338 e. The summed E-state index contributed by atoms with van der Waals surface area (Å²) in [5.74, 6) is -0.330. The minimum atomic E-state index is -0.330. The van der Waals surface area contributed by atoms with Crippen LogP contribution in [0.15, 0.2) is 0 Å². The molecule has 2 rings (SSSR count). The Morgan fingerprint density at radius 1 is 1.40 bits per heavy atom. The summed E-state index contributed by atoms with van der Waals surface area (Å²) < 4.78 is 12.8. The van der Waals surface area contributed by atoms with Crippen LogP contribution in [0, 0.1) is 12.7 Å². The molecular weight excluding hydrogens is 135 g/mol. The number of nitrogens with one attached hydrogen (secondary N) is 2. The first-order valence-corrected chi connectivity index (χ1v) is 2.83. The summed E-state index contributed by atoms with van der Waals surface area (Å²) in [6, 6.07) is 0. The van der Waals surface area contributed by atoms with Crippen LogP contribution in [-0.4, -0.2) is 20.4 Å². The maximum atomic E-state index is 12.8. The summed E-state index contributed by atoms with van der Waals surface area (Å²) in [4.78, 5) is 2.73. The fourth-order valence-electron chi connectivity index (χ4n) is 0.881. The second kappa shape index (κ2) is 1.56. The molecule has 10 heavy (non-hydrogen) atoms. The van der Waals surface area contributed by atoms with Gasteiger partial charge in [0.05, 0.1) is 5.69 Å². The highest BCUT2D eigenvalue weighted by atomic mass is 19.1. The molecule has 2 aromatic rings. The topological polar surface area (TPSA) is 57.4 Å². The molecule has 0 bridgehead atoms. The van der Waals surface area contributed by atoms with E-state index >= 15 is 0 Å². The molecule has 0 fully saturated rings. The van der Waals surface area contributed by atoms with Crippen molar-refractivity contribution in [2.75, 3.05) is 0 Å². The number of H-pyrrole nitrogens is 2. The Balaban J connectivity index is 2.95. The maximum absolute atomic E-state index is 12.8. The third-order valence-corrected chi connectivity index (χ3v) is 1.39. The van der Waals surface area contributed by atoms with Gasteiger partial charge in [-0.25, -0.2) is 4.39 Å². The Kier molecular flexibility index (Phi) is 0.841. The van der Waals surface area contributed by atoms with Crippen molar-refractivity contribution in [3.05, 3.63) is 11.5 Å². The van der Waals surface area contributed by atoms with Crippen LogP contribution in [0.2, 0.25) is 0 Å². The van der Waals surface area contributed by atoms with Crippen LogP contribution in [0.5, 0.6) is 0 Å². The molecular formula is C5H5FN4. The fourth-order valence-corrected chi connectivity index (χ4v) is 0.881. The van der Waals surface area contributed by atoms with Gasteiger partial charge in [0.2, 0.25) is 0 Å². The van der Waals surface area contributed by atoms with Gasteiger partial charge in [-0.2, -0.15) is 10.3 Å². The molecule has 52 valence electrons. The smallest absolute Gasteiger partial charge is 0.183 e. The lowest BCUT2D eigenvalue weighted by molar-refractivity contribution is 0.624. The molecule has 4 nitrogen and oxygen atoms in total. The van der Waals surface area contributed by atoms with Crippen LogP contribution in [0.1, 0.15) is 5.69 Å². The fraction of sp³-hybridized carbons (Fsp3) is 0.200. The van der Waals surface area contributed by atoms with E-state index in [4.69, 9.17) is 0 Å².